The highest BCUT2D eigenvalue weighted by Crippen LogP contribution is 2.43. The molecule has 0 aliphatic carbocycles. The third-order valence-electron chi connectivity index (χ3n) is 5.22. The minimum Gasteiger partial charge on any atom is -0.306 e. The van der Waals surface area contributed by atoms with Gasteiger partial charge in [0.15, 0.2) is 0 Å². The normalized spacial score (nSPS) is 20.9. The van der Waals surface area contributed by atoms with Crippen molar-refractivity contribution in [3.8, 4) is 0 Å². The van der Waals surface area contributed by atoms with Gasteiger partial charge >= 0.3 is 0 Å². The highest BCUT2D eigenvalue weighted by Gasteiger charge is 2.53. The molecule has 0 radical (unpaired) electrons. The Kier molecular flexibility index (Phi) is 4.62. The lowest BCUT2D eigenvalue weighted by Gasteiger charge is -2.48. The van der Waals surface area contributed by atoms with Crippen molar-refractivity contribution >= 4 is 39.9 Å². The largest absolute Gasteiger partial charge is 0.306 e. The van der Waals surface area contributed by atoms with Gasteiger partial charge in [0.2, 0.25) is 16.9 Å². The van der Waals surface area contributed by atoms with E-state index in [1.165, 1.54) is 16.2 Å². The molecular weight excluding hydrogens is 378 g/mol. The van der Waals surface area contributed by atoms with E-state index < -0.39 is 5.66 Å². The Balaban J connectivity index is 1.59. The molecule has 0 bridgehead atoms. The summed E-state index contributed by atoms with van der Waals surface area (Å²) in [5, 5.41) is 12.0. The Hall–Kier alpha value is -2.81. The van der Waals surface area contributed by atoms with Gasteiger partial charge in [0.1, 0.15) is 17.2 Å². The molecule has 2 aliphatic rings. The van der Waals surface area contributed by atoms with Gasteiger partial charge in [-0.05, 0) is 31.9 Å². The molecule has 1 fully saturated rings. The molecule has 9 heteroatoms. The van der Waals surface area contributed by atoms with Crippen LogP contribution in [0.15, 0.2) is 24.3 Å². The number of benzene rings is 1. The summed E-state index contributed by atoms with van der Waals surface area (Å²) in [5.41, 5.74) is 0.195. The molecule has 0 spiro atoms. The van der Waals surface area contributed by atoms with Crippen molar-refractivity contribution in [3.05, 3.63) is 34.8 Å². The van der Waals surface area contributed by atoms with Crippen molar-refractivity contribution < 1.29 is 14.4 Å². The number of hydrogen-bond acceptors (Lipinski definition) is 6. The SMILES string of the molecule is CCCc1nnc(NC(=O)CN2C(=O)c3ccccc3N3C(=O)CCC23C)s1. The third-order valence-corrected chi connectivity index (χ3v) is 6.12. The van der Waals surface area contributed by atoms with Crippen LogP contribution >= 0.6 is 11.3 Å². The molecular formula is C19H21N5O3S. The highest BCUT2D eigenvalue weighted by molar-refractivity contribution is 7.15. The predicted octanol–water partition coefficient (Wildman–Crippen LogP) is 2.43. The molecule has 3 heterocycles. The van der Waals surface area contributed by atoms with Crippen LogP contribution in [0.1, 0.15) is 48.5 Å². The Morgan fingerprint density at radius 1 is 1.29 bits per heavy atom. The molecule has 3 amide bonds. The average Bonchev–Trinajstić information content (AvgIpc) is 3.23. The van der Waals surface area contributed by atoms with E-state index in [0.29, 0.717) is 29.2 Å². The van der Waals surface area contributed by atoms with Gasteiger partial charge in [-0.25, -0.2) is 0 Å². The van der Waals surface area contributed by atoms with Crippen molar-refractivity contribution in [2.75, 3.05) is 16.8 Å². The van der Waals surface area contributed by atoms with E-state index in [9.17, 15) is 14.4 Å². The van der Waals surface area contributed by atoms with E-state index in [1.54, 1.807) is 23.1 Å². The molecule has 2 aromatic rings. The molecule has 1 atom stereocenters. The van der Waals surface area contributed by atoms with Crippen LogP contribution in [0.5, 0.6) is 0 Å². The Morgan fingerprint density at radius 3 is 2.86 bits per heavy atom. The molecule has 1 aromatic heterocycles. The number of amides is 3. The van der Waals surface area contributed by atoms with Crippen LogP contribution in [-0.2, 0) is 16.0 Å². The first-order valence-corrected chi connectivity index (χ1v) is 10.1. The minimum absolute atomic E-state index is 0.0406. The van der Waals surface area contributed by atoms with Gasteiger partial charge in [0, 0.05) is 12.8 Å². The van der Waals surface area contributed by atoms with Gasteiger partial charge in [0.25, 0.3) is 5.91 Å². The first kappa shape index (κ1) is 18.5. The van der Waals surface area contributed by atoms with Gasteiger partial charge in [-0.3, -0.25) is 24.6 Å². The maximum atomic E-state index is 13.1. The maximum absolute atomic E-state index is 13.1. The zero-order chi connectivity index (χ0) is 19.9. The Morgan fingerprint density at radius 2 is 2.07 bits per heavy atom. The molecule has 8 nitrogen and oxygen atoms in total. The second-order valence-electron chi connectivity index (χ2n) is 7.15. The van der Waals surface area contributed by atoms with E-state index in [-0.39, 0.29) is 24.3 Å². The summed E-state index contributed by atoms with van der Waals surface area (Å²) in [6, 6.07) is 7.04. The Labute approximate surface area is 166 Å². The molecule has 146 valence electrons. The summed E-state index contributed by atoms with van der Waals surface area (Å²) in [7, 11) is 0. The fraction of sp³-hybridized carbons (Fsp3) is 0.421. The standard InChI is InChI=1S/C19H21N5O3S/c1-3-6-15-21-22-18(28-15)20-14(25)11-23-17(27)12-7-4-5-8-13(12)24-16(26)9-10-19(23,24)2/h4-5,7-8H,3,6,9-11H2,1-2H3,(H,20,22,25). The quantitative estimate of drug-likeness (QED) is 0.833. The van der Waals surface area contributed by atoms with Crippen molar-refractivity contribution in [2.24, 2.45) is 0 Å². The first-order chi connectivity index (χ1) is 13.4. The molecule has 1 saturated heterocycles. The van der Waals surface area contributed by atoms with Crippen molar-refractivity contribution in [1.82, 2.24) is 15.1 Å². The van der Waals surface area contributed by atoms with E-state index in [1.807, 2.05) is 13.0 Å². The molecule has 1 unspecified atom stereocenters. The molecule has 0 saturated carbocycles. The number of carbonyl (C=O) groups is 3. The molecule has 1 aromatic carbocycles. The molecule has 1 N–H and O–H groups in total. The lowest BCUT2D eigenvalue weighted by Crippen LogP contribution is -2.63. The number of carbonyl (C=O) groups excluding carboxylic acids is 3. The second kappa shape index (κ2) is 6.97. The van der Waals surface area contributed by atoms with Gasteiger partial charge in [0.05, 0.1) is 11.3 Å². The number of aryl methyl sites for hydroxylation is 1. The number of hydrogen-bond donors (Lipinski definition) is 1. The molecule has 4 rings (SSSR count). The summed E-state index contributed by atoms with van der Waals surface area (Å²) in [6.07, 6.45) is 2.59. The van der Waals surface area contributed by atoms with Crippen LogP contribution in [-0.4, -0.2) is 45.0 Å². The summed E-state index contributed by atoms with van der Waals surface area (Å²) < 4.78 is 0. The number of rotatable bonds is 5. The van der Waals surface area contributed by atoms with E-state index >= 15 is 0 Å². The van der Waals surface area contributed by atoms with Crippen LogP contribution in [0.4, 0.5) is 10.8 Å². The number of anilines is 2. The van der Waals surface area contributed by atoms with Crippen LogP contribution < -0.4 is 10.2 Å². The van der Waals surface area contributed by atoms with Crippen molar-refractivity contribution in [2.45, 2.75) is 45.2 Å². The topological polar surface area (TPSA) is 95.5 Å². The fourth-order valence-corrected chi connectivity index (χ4v) is 4.72. The summed E-state index contributed by atoms with van der Waals surface area (Å²) in [5.74, 6) is -0.642. The number of fused-ring (bicyclic) bond motifs is 3. The zero-order valence-corrected chi connectivity index (χ0v) is 16.6. The molecule has 2 aliphatic heterocycles. The van der Waals surface area contributed by atoms with E-state index in [2.05, 4.69) is 22.4 Å². The van der Waals surface area contributed by atoms with Crippen molar-refractivity contribution in [3.63, 3.8) is 0 Å². The zero-order valence-electron chi connectivity index (χ0n) is 15.8. The van der Waals surface area contributed by atoms with Gasteiger partial charge in [-0.1, -0.05) is 30.4 Å². The number of para-hydroxylation sites is 1. The van der Waals surface area contributed by atoms with Crippen LogP contribution in [0.2, 0.25) is 0 Å². The van der Waals surface area contributed by atoms with Gasteiger partial charge in [-0.2, -0.15) is 0 Å². The van der Waals surface area contributed by atoms with Crippen molar-refractivity contribution in [1.29, 1.82) is 0 Å². The summed E-state index contributed by atoms with van der Waals surface area (Å²) >= 11 is 1.33. The van der Waals surface area contributed by atoms with E-state index in [0.717, 1.165) is 17.8 Å². The second-order valence-corrected chi connectivity index (χ2v) is 8.22. The number of nitrogens with zero attached hydrogens (tertiary/aromatic N) is 4. The monoisotopic (exact) mass is 399 g/mol. The van der Waals surface area contributed by atoms with Gasteiger partial charge in [-0.15, -0.1) is 10.2 Å². The summed E-state index contributed by atoms with van der Waals surface area (Å²) in [4.78, 5) is 41.5. The van der Waals surface area contributed by atoms with Gasteiger partial charge < -0.3 is 4.90 Å². The maximum Gasteiger partial charge on any atom is 0.258 e. The average molecular weight is 399 g/mol. The van der Waals surface area contributed by atoms with E-state index in [4.69, 9.17) is 0 Å². The smallest absolute Gasteiger partial charge is 0.258 e. The van der Waals surface area contributed by atoms with Crippen LogP contribution in [0, 0.1) is 0 Å². The number of aromatic nitrogens is 2. The highest BCUT2D eigenvalue weighted by atomic mass is 32.1. The lowest BCUT2D eigenvalue weighted by atomic mass is 9.98. The lowest BCUT2D eigenvalue weighted by molar-refractivity contribution is -0.120. The first-order valence-electron chi connectivity index (χ1n) is 9.30. The third kappa shape index (κ3) is 2.95. The fourth-order valence-electron chi connectivity index (χ4n) is 3.86. The minimum atomic E-state index is -0.853. The predicted molar refractivity (Wildman–Crippen MR) is 105 cm³/mol. The number of nitrogens with one attached hydrogen (secondary N) is 1. The Bertz CT molecular complexity index is 959. The molecule has 28 heavy (non-hydrogen) atoms. The van der Waals surface area contributed by atoms with Crippen LogP contribution in [0.3, 0.4) is 0 Å². The summed E-state index contributed by atoms with van der Waals surface area (Å²) in [6.45, 7) is 3.73. The van der Waals surface area contributed by atoms with Crippen LogP contribution in [0.25, 0.3) is 0 Å².